The van der Waals surface area contributed by atoms with Gasteiger partial charge in [-0.2, -0.15) is 0 Å². The number of carbonyl (C=O) groups excluding carboxylic acids is 1. The van der Waals surface area contributed by atoms with Crippen molar-refractivity contribution in [2.45, 2.75) is 12.8 Å². The second-order valence-electron chi connectivity index (χ2n) is 4.97. The molecule has 0 fully saturated rings. The second-order valence-corrected chi connectivity index (χ2v) is 4.97. The van der Waals surface area contributed by atoms with Crippen LogP contribution in [0.2, 0.25) is 0 Å². The highest BCUT2D eigenvalue weighted by Crippen LogP contribution is 2.17. The standard InChI is InChI=1S/C19H16O/c20-19(17-7-2-1-3-8-17)13-11-15-10-12-16-6-4-5-9-18(16)14-15/h1-10,12,14H,11,13H2. The number of hydrogen-bond donors (Lipinski definition) is 0. The molecule has 0 saturated heterocycles. The molecule has 0 aliphatic carbocycles. The fourth-order valence-corrected chi connectivity index (χ4v) is 2.42. The van der Waals surface area contributed by atoms with Gasteiger partial charge in [0.2, 0.25) is 0 Å². The van der Waals surface area contributed by atoms with E-state index in [0.717, 1.165) is 12.0 Å². The highest BCUT2D eigenvalue weighted by atomic mass is 16.1. The van der Waals surface area contributed by atoms with E-state index in [1.807, 2.05) is 42.5 Å². The minimum absolute atomic E-state index is 0.207. The lowest BCUT2D eigenvalue weighted by atomic mass is 10.0. The minimum atomic E-state index is 0.207. The van der Waals surface area contributed by atoms with Crippen LogP contribution in [0.25, 0.3) is 10.8 Å². The van der Waals surface area contributed by atoms with E-state index >= 15 is 0 Å². The van der Waals surface area contributed by atoms with Gasteiger partial charge >= 0.3 is 0 Å². The molecule has 0 atom stereocenters. The first-order chi connectivity index (χ1) is 9.83. The van der Waals surface area contributed by atoms with Gasteiger partial charge in [-0.1, -0.05) is 72.8 Å². The van der Waals surface area contributed by atoms with E-state index in [9.17, 15) is 4.79 Å². The largest absolute Gasteiger partial charge is 0.294 e. The van der Waals surface area contributed by atoms with Gasteiger partial charge in [-0.25, -0.2) is 0 Å². The summed E-state index contributed by atoms with van der Waals surface area (Å²) in [5.74, 6) is 0.207. The molecule has 0 heterocycles. The van der Waals surface area contributed by atoms with Gasteiger partial charge in [0, 0.05) is 12.0 Å². The van der Waals surface area contributed by atoms with Gasteiger partial charge in [0.25, 0.3) is 0 Å². The Bertz CT molecular complexity index is 729. The van der Waals surface area contributed by atoms with Crippen LogP contribution in [0.1, 0.15) is 22.3 Å². The van der Waals surface area contributed by atoms with Gasteiger partial charge < -0.3 is 0 Å². The van der Waals surface area contributed by atoms with Crippen LogP contribution in [0, 0.1) is 0 Å². The van der Waals surface area contributed by atoms with Crippen molar-refractivity contribution in [1.29, 1.82) is 0 Å². The molecule has 1 heteroatoms. The molecule has 0 unspecified atom stereocenters. The summed E-state index contributed by atoms with van der Waals surface area (Å²) in [7, 11) is 0. The summed E-state index contributed by atoms with van der Waals surface area (Å²) in [5, 5.41) is 2.47. The van der Waals surface area contributed by atoms with Crippen LogP contribution in [0.5, 0.6) is 0 Å². The monoisotopic (exact) mass is 260 g/mol. The Hall–Kier alpha value is -2.41. The molecule has 0 N–H and O–H groups in total. The number of fused-ring (bicyclic) bond motifs is 1. The lowest BCUT2D eigenvalue weighted by Crippen LogP contribution is -2.00. The van der Waals surface area contributed by atoms with Crippen LogP contribution < -0.4 is 0 Å². The van der Waals surface area contributed by atoms with Gasteiger partial charge in [-0.05, 0) is 22.8 Å². The highest BCUT2D eigenvalue weighted by Gasteiger charge is 2.05. The Balaban J connectivity index is 1.72. The van der Waals surface area contributed by atoms with Gasteiger partial charge in [0.1, 0.15) is 0 Å². The summed E-state index contributed by atoms with van der Waals surface area (Å²) in [4.78, 5) is 12.1. The molecular weight excluding hydrogens is 244 g/mol. The average molecular weight is 260 g/mol. The van der Waals surface area contributed by atoms with E-state index in [1.165, 1.54) is 16.3 Å². The third kappa shape index (κ3) is 2.77. The quantitative estimate of drug-likeness (QED) is 0.624. The highest BCUT2D eigenvalue weighted by molar-refractivity contribution is 5.96. The van der Waals surface area contributed by atoms with Gasteiger partial charge in [-0.3, -0.25) is 4.79 Å². The average Bonchev–Trinajstić information content (AvgIpc) is 2.53. The van der Waals surface area contributed by atoms with Gasteiger partial charge in [0.15, 0.2) is 5.78 Å². The molecule has 0 amide bonds. The van der Waals surface area contributed by atoms with Crippen molar-refractivity contribution in [2.75, 3.05) is 0 Å². The summed E-state index contributed by atoms with van der Waals surface area (Å²) < 4.78 is 0. The Labute approximate surface area is 118 Å². The van der Waals surface area contributed by atoms with E-state index in [0.29, 0.717) is 6.42 Å². The second kappa shape index (κ2) is 5.70. The summed E-state index contributed by atoms with van der Waals surface area (Å²) >= 11 is 0. The Morgan fingerprint density at radius 2 is 1.45 bits per heavy atom. The van der Waals surface area contributed by atoms with Crippen molar-refractivity contribution < 1.29 is 4.79 Å². The van der Waals surface area contributed by atoms with Crippen molar-refractivity contribution in [3.8, 4) is 0 Å². The maximum atomic E-state index is 12.1. The van der Waals surface area contributed by atoms with Crippen molar-refractivity contribution in [3.63, 3.8) is 0 Å². The predicted octanol–water partition coefficient (Wildman–Crippen LogP) is 4.66. The zero-order chi connectivity index (χ0) is 13.8. The van der Waals surface area contributed by atoms with Crippen molar-refractivity contribution in [1.82, 2.24) is 0 Å². The van der Waals surface area contributed by atoms with Crippen LogP contribution in [-0.2, 0) is 6.42 Å². The molecule has 0 radical (unpaired) electrons. The number of carbonyl (C=O) groups is 1. The molecule has 20 heavy (non-hydrogen) atoms. The number of Topliss-reactive ketones (excluding diaryl/α,β-unsaturated/α-hetero) is 1. The zero-order valence-electron chi connectivity index (χ0n) is 11.3. The Morgan fingerprint density at radius 3 is 2.25 bits per heavy atom. The molecule has 1 nitrogen and oxygen atoms in total. The zero-order valence-corrected chi connectivity index (χ0v) is 11.3. The maximum absolute atomic E-state index is 12.1. The number of ketones is 1. The summed E-state index contributed by atoms with van der Waals surface area (Å²) in [6.45, 7) is 0. The number of hydrogen-bond acceptors (Lipinski definition) is 1. The van der Waals surface area contributed by atoms with Crippen molar-refractivity contribution in [2.24, 2.45) is 0 Å². The van der Waals surface area contributed by atoms with Crippen LogP contribution in [0.3, 0.4) is 0 Å². The minimum Gasteiger partial charge on any atom is -0.294 e. The first-order valence-electron chi connectivity index (χ1n) is 6.89. The molecule has 0 aliphatic rings. The SMILES string of the molecule is O=C(CCc1ccc2ccccc2c1)c1ccccc1. The number of rotatable bonds is 4. The van der Waals surface area contributed by atoms with Gasteiger partial charge in [-0.15, -0.1) is 0 Å². The van der Waals surface area contributed by atoms with E-state index < -0.39 is 0 Å². The molecule has 3 rings (SSSR count). The van der Waals surface area contributed by atoms with E-state index in [4.69, 9.17) is 0 Å². The Kier molecular flexibility index (Phi) is 3.60. The fourth-order valence-electron chi connectivity index (χ4n) is 2.42. The topological polar surface area (TPSA) is 17.1 Å². The number of aryl methyl sites for hydroxylation is 1. The summed E-state index contributed by atoms with van der Waals surface area (Å²) in [5.41, 5.74) is 2.02. The lowest BCUT2D eigenvalue weighted by molar-refractivity contribution is 0.0983. The Morgan fingerprint density at radius 1 is 0.750 bits per heavy atom. The molecule has 0 bridgehead atoms. The third-order valence-electron chi connectivity index (χ3n) is 3.55. The molecule has 0 saturated carbocycles. The molecule has 0 spiro atoms. The first kappa shape index (κ1) is 12.6. The molecule has 0 aliphatic heterocycles. The number of benzene rings is 3. The van der Waals surface area contributed by atoms with E-state index in [1.54, 1.807) is 0 Å². The van der Waals surface area contributed by atoms with Crippen LogP contribution >= 0.6 is 0 Å². The van der Waals surface area contributed by atoms with Crippen molar-refractivity contribution >= 4 is 16.6 Å². The van der Waals surface area contributed by atoms with Crippen LogP contribution in [-0.4, -0.2) is 5.78 Å². The third-order valence-corrected chi connectivity index (χ3v) is 3.55. The molecule has 98 valence electrons. The fraction of sp³-hybridized carbons (Fsp3) is 0.105. The van der Waals surface area contributed by atoms with E-state index in [2.05, 4.69) is 30.3 Å². The van der Waals surface area contributed by atoms with Gasteiger partial charge in [0.05, 0.1) is 0 Å². The summed E-state index contributed by atoms with van der Waals surface area (Å²) in [6.07, 6.45) is 1.35. The van der Waals surface area contributed by atoms with Crippen molar-refractivity contribution in [3.05, 3.63) is 83.9 Å². The maximum Gasteiger partial charge on any atom is 0.163 e. The molecule has 3 aromatic carbocycles. The van der Waals surface area contributed by atoms with Crippen LogP contribution in [0.15, 0.2) is 72.8 Å². The molecular formula is C19H16O. The predicted molar refractivity (Wildman–Crippen MR) is 83.0 cm³/mol. The lowest BCUT2D eigenvalue weighted by Gasteiger charge is -2.04. The molecule has 0 aromatic heterocycles. The molecule has 3 aromatic rings. The first-order valence-corrected chi connectivity index (χ1v) is 6.89. The normalized spacial score (nSPS) is 10.6. The smallest absolute Gasteiger partial charge is 0.163 e. The van der Waals surface area contributed by atoms with E-state index in [-0.39, 0.29) is 5.78 Å². The van der Waals surface area contributed by atoms with Crippen LogP contribution in [0.4, 0.5) is 0 Å². The summed E-state index contributed by atoms with van der Waals surface area (Å²) in [6, 6.07) is 24.2.